The fourth-order valence-corrected chi connectivity index (χ4v) is 2.86. The van der Waals surface area contributed by atoms with Crippen LogP contribution in [-0.2, 0) is 0 Å². The fraction of sp³-hybridized carbons (Fsp3) is 0.214. The second-order valence-electron chi connectivity index (χ2n) is 4.31. The van der Waals surface area contributed by atoms with Crippen LogP contribution in [0.15, 0.2) is 30.3 Å². The topological polar surface area (TPSA) is 49.3 Å². The van der Waals surface area contributed by atoms with Crippen LogP contribution in [0.25, 0.3) is 0 Å². The van der Waals surface area contributed by atoms with Crippen molar-refractivity contribution in [1.82, 2.24) is 0 Å². The predicted molar refractivity (Wildman–Crippen MR) is 79.5 cm³/mol. The van der Waals surface area contributed by atoms with Crippen LogP contribution >= 0.6 is 22.9 Å². The van der Waals surface area contributed by atoms with Crippen molar-refractivity contribution in [2.75, 3.05) is 5.32 Å². The molecule has 19 heavy (non-hydrogen) atoms. The van der Waals surface area contributed by atoms with Crippen molar-refractivity contribution in [2.24, 2.45) is 0 Å². The summed E-state index contributed by atoms with van der Waals surface area (Å²) >= 11 is 7.57. The van der Waals surface area contributed by atoms with E-state index >= 15 is 0 Å². The molecule has 0 saturated carbocycles. The standard InChI is InChI=1S/C14H14ClNO2S/c1-8-3-6-13(19-8)9(2)16-10-4-5-12(15)11(7-10)14(17)18/h3-7,9,16H,1-2H3,(H,17,18). The minimum Gasteiger partial charge on any atom is -0.478 e. The van der Waals surface area contributed by atoms with Gasteiger partial charge in [0.15, 0.2) is 0 Å². The van der Waals surface area contributed by atoms with Crippen molar-refractivity contribution < 1.29 is 9.90 Å². The molecule has 0 amide bonds. The Kier molecular flexibility index (Phi) is 4.12. The van der Waals surface area contributed by atoms with Crippen molar-refractivity contribution in [3.63, 3.8) is 0 Å². The number of anilines is 1. The van der Waals surface area contributed by atoms with Gasteiger partial charge in [-0.1, -0.05) is 11.6 Å². The Morgan fingerprint density at radius 3 is 2.68 bits per heavy atom. The van der Waals surface area contributed by atoms with Gasteiger partial charge in [0.25, 0.3) is 0 Å². The van der Waals surface area contributed by atoms with Crippen LogP contribution in [0.3, 0.4) is 0 Å². The summed E-state index contributed by atoms with van der Waals surface area (Å²) in [5, 5.41) is 12.6. The number of carboxylic acids is 1. The Morgan fingerprint density at radius 1 is 1.37 bits per heavy atom. The van der Waals surface area contributed by atoms with E-state index in [4.69, 9.17) is 16.7 Å². The van der Waals surface area contributed by atoms with Crippen LogP contribution in [0.5, 0.6) is 0 Å². The third-order valence-corrected chi connectivity index (χ3v) is 4.28. The zero-order chi connectivity index (χ0) is 14.0. The highest BCUT2D eigenvalue weighted by Crippen LogP contribution is 2.27. The number of thiophene rings is 1. The summed E-state index contributed by atoms with van der Waals surface area (Å²) in [6.07, 6.45) is 0. The molecule has 0 spiro atoms. The Morgan fingerprint density at radius 2 is 2.11 bits per heavy atom. The summed E-state index contributed by atoms with van der Waals surface area (Å²) in [4.78, 5) is 13.5. The lowest BCUT2D eigenvalue weighted by Gasteiger charge is -2.14. The molecule has 1 aromatic heterocycles. The average molecular weight is 296 g/mol. The summed E-state index contributed by atoms with van der Waals surface area (Å²) < 4.78 is 0. The predicted octanol–water partition coefficient (Wildman–Crippen LogP) is 4.58. The quantitative estimate of drug-likeness (QED) is 0.868. The molecule has 1 unspecified atom stereocenters. The summed E-state index contributed by atoms with van der Waals surface area (Å²) in [5.74, 6) is -1.02. The van der Waals surface area contributed by atoms with Crippen LogP contribution in [0.4, 0.5) is 5.69 Å². The maximum atomic E-state index is 11.0. The molecular formula is C14H14ClNO2S. The van der Waals surface area contributed by atoms with Crippen LogP contribution in [0.2, 0.25) is 5.02 Å². The Balaban J connectivity index is 2.19. The highest BCUT2D eigenvalue weighted by atomic mass is 35.5. The van der Waals surface area contributed by atoms with Gasteiger partial charge in [0.2, 0.25) is 0 Å². The first kappa shape index (κ1) is 13.9. The Bertz CT molecular complexity index is 609. The molecular weight excluding hydrogens is 282 g/mol. The van der Waals surface area contributed by atoms with Crippen molar-refractivity contribution in [1.29, 1.82) is 0 Å². The first-order valence-corrected chi connectivity index (χ1v) is 7.02. The first-order chi connectivity index (χ1) is 8.97. The maximum absolute atomic E-state index is 11.0. The summed E-state index contributed by atoms with van der Waals surface area (Å²) in [6.45, 7) is 4.10. The summed E-state index contributed by atoms with van der Waals surface area (Å²) in [6, 6.07) is 9.21. The molecule has 1 aromatic carbocycles. The van der Waals surface area contributed by atoms with Crippen LogP contribution in [0.1, 0.15) is 33.1 Å². The molecule has 2 N–H and O–H groups in total. The number of benzene rings is 1. The van der Waals surface area contributed by atoms with Gasteiger partial charge in [-0.2, -0.15) is 0 Å². The van der Waals surface area contributed by atoms with Gasteiger partial charge in [-0.15, -0.1) is 11.3 Å². The van der Waals surface area contributed by atoms with E-state index in [2.05, 4.69) is 24.4 Å². The van der Waals surface area contributed by atoms with Gasteiger partial charge in [0, 0.05) is 15.4 Å². The number of carboxylic acid groups (broad SMARTS) is 1. The Labute approximate surface area is 120 Å². The zero-order valence-electron chi connectivity index (χ0n) is 10.6. The molecule has 0 aliphatic carbocycles. The molecule has 2 rings (SSSR count). The molecule has 1 heterocycles. The molecule has 0 radical (unpaired) electrons. The SMILES string of the molecule is Cc1ccc(C(C)Nc2ccc(Cl)c(C(=O)O)c2)s1. The van der Waals surface area contributed by atoms with E-state index in [-0.39, 0.29) is 16.6 Å². The van der Waals surface area contributed by atoms with E-state index in [0.717, 1.165) is 5.69 Å². The van der Waals surface area contributed by atoms with E-state index in [1.807, 2.05) is 6.92 Å². The molecule has 100 valence electrons. The molecule has 5 heteroatoms. The van der Waals surface area contributed by atoms with Crippen LogP contribution < -0.4 is 5.32 Å². The minimum absolute atomic E-state index is 0.112. The molecule has 3 nitrogen and oxygen atoms in total. The molecule has 0 aliphatic rings. The number of aromatic carboxylic acids is 1. The molecule has 0 fully saturated rings. The van der Waals surface area contributed by atoms with E-state index in [9.17, 15) is 4.79 Å². The van der Waals surface area contributed by atoms with E-state index < -0.39 is 5.97 Å². The molecule has 0 saturated heterocycles. The van der Waals surface area contributed by atoms with Crippen molar-refractivity contribution in [3.05, 3.63) is 50.7 Å². The lowest BCUT2D eigenvalue weighted by atomic mass is 10.2. The fourth-order valence-electron chi connectivity index (χ4n) is 1.79. The number of rotatable bonds is 4. The number of carbonyl (C=O) groups is 1. The molecule has 0 aliphatic heterocycles. The summed E-state index contributed by atoms with van der Waals surface area (Å²) in [7, 11) is 0. The van der Waals surface area contributed by atoms with Gasteiger partial charge in [0.05, 0.1) is 16.6 Å². The van der Waals surface area contributed by atoms with Crippen molar-refractivity contribution >= 4 is 34.6 Å². The molecule has 0 bridgehead atoms. The average Bonchev–Trinajstić information content (AvgIpc) is 2.78. The number of nitrogens with one attached hydrogen (secondary N) is 1. The Hall–Kier alpha value is -1.52. The maximum Gasteiger partial charge on any atom is 0.337 e. The zero-order valence-corrected chi connectivity index (χ0v) is 12.2. The third kappa shape index (κ3) is 3.28. The van der Waals surface area contributed by atoms with Gasteiger partial charge in [-0.25, -0.2) is 4.79 Å². The van der Waals surface area contributed by atoms with Crippen molar-refractivity contribution in [3.8, 4) is 0 Å². The van der Waals surface area contributed by atoms with E-state index in [1.165, 1.54) is 9.75 Å². The highest BCUT2D eigenvalue weighted by Gasteiger charge is 2.12. The minimum atomic E-state index is -1.02. The van der Waals surface area contributed by atoms with Crippen molar-refractivity contribution in [2.45, 2.75) is 19.9 Å². The van der Waals surface area contributed by atoms with Gasteiger partial charge < -0.3 is 10.4 Å². The number of hydrogen-bond donors (Lipinski definition) is 2. The second kappa shape index (κ2) is 5.63. The van der Waals surface area contributed by atoms with Gasteiger partial charge in [-0.3, -0.25) is 0 Å². The number of aryl methyl sites for hydroxylation is 1. The van der Waals surface area contributed by atoms with E-state index in [1.54, 1.807) is 29.5 Å². The highest BCUT2D eigenvalue weighted by molar-refractivity contribution is 7.12. The second-order valence-corrected chi connectivity index (χ2v) is 6.04. The lowest BCUT2D eigenvalue weighted by molar-refractivity contribution is 0.0697. The third-order valence-electron chi connectivity index (χ3n) is 2.77. The molecule has 1 atom stereocenters. The number of halogens is 1. The van der Waals surface area contributed by atoms with Crippen LogP contribution in [-0.4, -0.2) is 11.1 Å². The monoisotopic (exact) mass is 295 g/mol. The van der Waals surface area contributed by atoms with Gasteiger partial charge in [0.1, 0.15) is 0 Å². The smallest absolute Gasteiger partial charge is 0.337 e. The van der Waals surface area contributed by atoms with Crippen LogP contribution in [0, 0.1) is 6.92 Å². The number of hydrogen-bond acceptors (Lipinski definition) is 3. The van der Waals surface area contributed by atoms with E-state index in [0.29, 0.717) is 0 Å². The lowest BCUT2D eigenvalue weighted by Crippen LogP contribution is -2.06. The summed E-state index contributed by atoms with van der Waals surface area (Å²) in [5.41, 5.74) is 0.863. The van der Waals surface area contributed by atoms with Gasteiger partial charge >= 0.3 is 5.97 Å². The normalized spacial score (nSPS) is 12.2. The molecule has 2 aromatic rings. The largest absolute Gasteiger partial charge is 0.478 e. The first-order valence-electron chi connectivity index (χ1n) is 5.83. The van der Waals surface area contributed by atoms with Gasteiger partial charge in [-0.05, 0) is 44.2 Å².